The molecule has 16 heavy (non-hydrogen) atoms. The van der Waals surface area contributed by atoms with Crippen molar-refractivity contribution in [1.29, 1.82) is 0 Å². The van der Waals surface area contributed by atoms with Crippen molar-refractivity contribution in [3.63, 3.8) is 0 Å². The highest BCUT2D eigenvalue weighted by atomic mass is 32.1. The lowest BCUT2D eigenvalue weighted by atomic mass is 9.99. The molecule has 1 heterocycles. The van der Waals surface area contributed by atoms with Crippen molar-refractivity contribution >= 4 is 17.2 Å². The molecule has 2 unspecified atom stereocenters. The highest BCUT2D eigenvalue weighted by Gasteiger charge is 2.26. The van der Waals surface area contributed by atoms with Gasteiger partial charge in [-0.1, -0.05) is 13.0 Å². The van der Waals surface area contributed by atoms with E-state index in [0.717, 1.165) is 4.88 Å². The van der Waals surface area contributed by atoms with Crippen LogP contribution in [0.5, 0.6) is 0 Å². The van der Waals surface area contributed by atoms with Crippen molar-refractivity contribution in [2.24, 2.45) is 5.73 Å². The van der Waals surface area contributed by atoms with Gasteiger partial charge in [0.25, 0.3) is 0 Å². The Morgan fingerprint density at radius 2 is 2.44 bits per heavy atom. The van der Waals surface area contributed by atoms with Gasteiger partial charge in [-0.3, -0.25) is 4.79 Å². The first kappa shape index (κ1) is 13.2. The number of amides is 1. The fraction of sp³-hybridized carbons (Fsp3) is 0.545. The first-order valence-electron chi connectivity index (χ1n) is 5.24. The van der Waals surface area contributed by atoms with Gasteiger partial charge in [0.05, 0.1) is 12.1 Å². The molecule has 0 aliphatic rings. The Balaban J connectivity index is 2.65. The van der Waals surface area contributed by atoms with Gasteiger partial charge in [0.2, 0.25) is 5.91 Å². The quantitative estimate of drug-likeness (QED) is 0.721. The smallest absolute Gasteiger partial charge is 0.242 e. The Hall–Kier alpha value is -0.910. The maximum absolute atomic E-state index is 11.8. The summed E-state index contributed by atoms with van der Waals surface area (Å²) < 4.78 is 0. The number of aliphatic hydroxyl groups excluding tert-OH is 1. The van der Waals surface area contributed by atoms with E-state index in [1.54, 1.807) is 6.92 Å². The molecule has 0 aliphatic heterocycles. The molecule has 0 aromatic carbocycles. The molecular weight excluding hydrogens is 224 g/mol. The van der Waals surface area contributed by atoms with Crippen LogP contribution in [0.1, 0.15) is 31.2 Å². The van der Waals surface area contributed by atoms with E-state index in [1.165, 1.54) is 11.3 Å². The molecule has 0 saturated heterocycles. The Labute approximate surface area is 99.5 Å². The van der Waals surface area contributed by atoms with E-state index in [2.05, 4.69) is 5.32 Å². The van der Waals surface area contributed by atoms with Crippen molar-refractivity contribution in [3.8, 4) is 0 Å². The highest BCUT2D eigenvalue weighted by Crippen LogP contribution is 2.18. The van der Waals surface area contributed by atoms with E-state index < -0.39 is 11.6 Å². The minimum atomic E-state index is -0.655. The summed E-state index contributed by atoms with van der Waals surface area (Å²) in [6.45, 7) is 3.62. The first-order chi connectivity index (χ1) is 7.52. The Morgan fingerprint density at radius 3 is 2.88 bits per heavy atom. The number of carbonyl (C=O) groups is 1. The van der Waals surface area contributed by atoms with Crippen LogP contribution >= 0.6 is 11.3 Å². The molecule has 0 aliphatic carbocycles. The molecule has 4 nitrogen and oxygen atoms in total. The summed E-state index contributed by atoms with van der Waals surface area (Å²) in [5.41, 5.74) is 5.22. The predicted octanol–water partition coefficient (Wildman–Crippen LogP) is 1.03. The molecule has 1 rings (SSSR count). The molecule has 1 aromatic rings. The molecule has 1 aromatic heterocycles. The highest BCUT2D eigenvalue weighted by molar-refractivity contribution is 7.10. The summed E-state index contributed by atoms with van der Waals surface area (Å²) in [4.78, 5) is 12.7. The largest absolute Gasteiger partial charge is 0.394 e. The summed E-state index contributed by atoms with van der Waals surface area (Å²) in [5.74, 6) is -0.249. The van der Waals surface area contributed by atoms with Crippen molar-refractivity contribution < 1.29 is 9.90 Å². The number of thiophene rings is 1. The molecule has 0 saturated carbocycles. The molecule has 0 fully saturated rings. The van der Waals surface area contributed by atoms with Gasteiger partial charge in [-0.2, -0.15) is 0 Å². The third-order valence-corrected chi connectivity index (χ3v) is 3.64. The predicted molar refractivity (Wildman–Crippen MR) is 65.2 cm³/mol. The zero-order valence-corrected chi connectivity index (χ0v) is 10.4. The lowest BCUT2D eigenvalue weighted by molar-refractivity contribution is -0.124. The van der Waals surface area contributed by atoms with Crippen LogP contribution in [-0.2, 0) is 4.79 Å². The van der Waals surface area contributed by atoms with E-state index in [4.69, 9.17) is 5.73 Å². The monoisotopic (exact) mass is 242 g/mol. The average molecular weight is 242 g/mol. The lowest BCUT2D eigenvalue weighted by Crippen LogP contribution is -2.51. The van der Waals surface area contributed by atoms with Crippen LogP contribution in [0, 0.1) is 0 Å². The van der Waals surface area contributed by atoms with Gasteiger partial charge in [-0.05, 0) is 24.8 Å². The fourth-order valence-electron chi connectivity index (χ4n) is 1.21. The first-order valence-corrected chi connectivity index (χ1v) is 6.12. The van der Waals surface area contributed by atoms with Gasteiger partial charge in [0.1, 0.15) is 6.04 Å². The third-order valence-electron chi connectivity index (χ3n) is 2.69. The van der Waals surface area contributed by atoms with Crippen LogP contribution in [-0.4, -0.2) is 23.2 Å². The van der Waals surface area contributed by atoms with Crippen LogP contribution in [0.2, 0.25) is 0 Å². The second-order valence-corrected chi connectivity index (χ2v) is 5.03. The van der Waals surface area contributed by atoms with Crippen LogP contribution in [0.25, 0.3) is 0 Å². The topological polar surface area (TPSA) is 75.3 Å². The molecule has 0 spiro atoms. The Bertz CT molecular complexity index is 334. The number of aliphatic hydroxyl groups is 1. The summed E-state index contributed by atoms with van der Waals surface area (Å²) in [5, 5.41) is 13.8. The zero-order chi connectivity index (χ0) is 12.2. The molecule has 0 radical (unpaired) electrons. The molecular formula is C11H18N2O2S. The van der Waals surface area contributed by atoms with Crippen LogP contribution in [0.15, 0.2) is 17.5 Å². The molecule has 0 bridgehead atoms. The maximum Gasteiger partial charge on any atom is 0.242 e. The van der Waals surface area contributed by atoms with Crippen molar-refractivity contribution in [2.45, 2.75) is 31.8 Å². The average Bonchev–Trinajstić information content (AvgIpc) is 2.81. The van der Waals surface area contributed by atoms with Crippen molar-refractivity contribution in [2.75, 3.05) is 6.61 Å². The Morgan fingerprint density at radius 1 is 1.75 bits per heavy atom. The maximum atomic E-state index is 11.8. The van der Waals surface area contributed by atoms with Crippen LogP contribution < -0.4 is 11.1 Å². The van der Waals surface area contributed by atoms with Crippen LogP contribution in [0.3, 0.4) is 0 Å². The SMILES string of the molecule is CCC(C)(CO)NC(=O)C(N)c1cccs1. The fourth-order valence-corrected chi connectivity index (χ4v) is 1.94. The standard InChI is InChI=1S/C11H18N2O2S/c1-3-11(2,7-14)13-10(15)9(12)8-5-4-6-16-8/h4-6,9,14H,3,7,12H2,1-2H3,(H,13,15). The zero-order valence-electron chi connectivity index (χ0n) is 9.56. The van der Waals surface area contributed by atoms with Gasteiger partial charge < -0.3 is 16.2 Å². The third kappa shape index (κ3) is 3.04. The summed E-state index contributed by atoms with van der Waals surface area (Å²) in [6.07, 6.45) is 0.659. The van der Waals surface area contributed by atoms with E-state index >= 15 is 0 Å². The number of nitrogens with one attached hydrogen (secondary N) is 1. The van der Waals surface area contributed by atoms with Gasteiger partial charge in [0.15, 0.2) is 0 Å². The number of rotatable bonds is 5. The summed E-state index contributed by atoms with van der Waals surface area (Å²) in [7, 11) is 0. The molecule has 1 amide bonds. The molecule has 2 atom stereocenters. The van der Waals surface area contributed by atoms with E-state index in [-0.39, 0.29) is 12.5 Å². The van der Waals surface area contributed by atoms with Gasteiger partial charge in [-0.25, -0.2) is 0 Å². The second-order valence-electron chi connectivity index (χ2n) is 4.05. The minimum Gasteiger partial charge on any atom is -0.394 e. The van der Waals surface area contributed by atoms with E-state index in [9.17, 15) is 9.90 Å². The number of nitrogens with two attached hydrogens (primary N) is 1. The lowest BCUT2D eigenvalue weighted by Gasteiger charge is -2.28. The number of hydrogen-bond acceptors (Lipinski definition) is 4. The molecule has 5 heteroatoms. The second kappa shape index (κ2) is 5.43. The number of hydrogen-bond donors (Lipinski definition) is 3. The summed E-state index contributed by atoms with van der Waals surface area (Å²) in [6, 6.07) is 3.03. The number of carbonyl (C=O) groups excluding carboxylic acids is 1. The van der Waals surface area contributed by atoms with E-state index in [0.29, 0.717) is 6.42 Å². The minimum absolute atomic E-state index is 0.0909. The molecule has 4 N–H and O–H groups in total. The molecule has 90 valence electrons. The Kier molecular flexibility index (Phi) is 4.46. The summed E-state index contributed by atoms with van der Waals surface area (Å²) >= 11 is 1.45. The van der Waals surface area contributed by atoms with Crippen molar-refractivity contribution in [1.82, 2.24) is 5.32 Å². The van der Waals surface area contributed by atoms with Gasteiger partial charge >= 0.3 is 0 Å². The van der Waals surface area contributed by atoms with Crippen LogP contribution in [0.4, 0.5) is 0 Å². The van der Waals surface area contributed by atoms with E-state index in [1.807, 2.05) is 24.4 Å². The van der Waals surface area contributed by atoms with Gasteiger partial charge in [-0.15, -0.1) is 11.3 Å². The van der Waals surface area contributed by atoms with Gasteiger partial charge in [0, 0.05) is 4.88 Å². The normalized spacial score (nSPS) is 16.5. The van der Waals surface area contributed by atoms with Crippen molar-refractivity contribution in [3.05, 3.63) is 22.4 Å².